The number of carbonyl (C=O) groups is 1. The van der Waals surface area contributed by atoms with Gasteiger partial charge in [0.2, 0.25) is 0 Å². The molecule has 0 bridgehead atoms. The van der Waals surface area contributed by atoms with Gasteiger partial charge in [-0.1, -0.05) is 60.4 Å². The van der Waals surface area contributed by atoms with Gasteiger partial charge in [-0.25, -0.2) is 4.79 Å². The predicted octanol–water partition coefficient (Wildman–Crippen LogP) is 3.76. The number of hydrogen-bond acceptors (Lipinski definition) is 2. The molecule has 0 fully saturated rings. The van der Waals surface area contributed by atoms with Crippen molar-refractivity contribution in [2.45, 2.75) is 26.3 Å². The lowest BCUT2D eigenvalue weighted by atomic mass is 10.00. The average molecular weight is 349 g/mol. The van der Waals surface area contributed by atoms with E-state index >= 15 is 0 Å². The van der Waals surface area contributed by atoms with Crippen LogP contribution in [-0.2, 0) is 0 Å². The highest BCUT2D eigenvalue weighted by Crippen LogP contribution is 2.23. The molecule has 0 saturated carbocycles. The molecule has 1 atom stereocenters. The van der Waals surface area contributed by atoms with Crippen LogP contribution in [0.4, 0.5) is 4.79 Å². The average Bonchev–Trinajstić information content (AvgIpc) is 2.66. The van der Waals surface area contributed by atoms with Gasteiger partial charge in [0.1, 0.15) is 0 Å². The van der Waals surface area contributed by atoms with E-state index in [4.69, 9.17) is 0 Å². The van der Waals surface area contributed by atoms with Gasteiger partial charge in [0, 0.05) is 32.1 Å². The Hall–Kier alpha value is -2.77. The molecule has 0 aromatic heterocycles. The molecular formula is C22H27N3O. The van der Waals surface area contributed by atoms with Crippen LogP contribution in [-0.4, -0.2) is 25.7 Å². The van der Waals surface area contributed by atoms with E-state index in [1.165, 1.54) is 16.3 Å². The van der Waals surface area contributed by atoms with Gasteiger partial charge in [0.05, 0.1) is 0 Å². The van der Waals surface area contributed by atoms with Gasteiger partial charge in [0.25, 0.3) is 0 Å². The second-order valence-electron chi connectivity index (χ2n) is 5.96. The van der Waals surface area contributed by atoms with E-state index < -0.39 is 0 Å². The first-order valence-corrected chi connectivity index (χ1v) is 9.08. The molecule has 2 rings (SSSR count). The Bertz CT molecular complexity index is 796. The van der Waals surface area contributed by atoms with Crippen LogP contribution in [0.1, 0.15) is 31.9 Å². The highest BCUT2D eigenvalue weighted by Gasteiger charge is 2.07. The highest BCUT2D eigenvalue weighted by atomic mass is 16.2. The largest absolute Gasteiger partial charge is 0.338 e. The molecule has 0 aliphatic carbocycles. The van der Waals surface area contributed by atoms with Gasteiger partial charge >= 0.3 is 6.03 Å². The molecular weight excluding hydrogens is 322 g/mol. The molecule has 3 N–H and O–H groups in total. The van der Waals surface area contributed by atoms with Crippen molar-refractivity contribution in [3.63, 3.8) is 0 Å². The van der Waals surface area contributed by atoms with Crippen molar-refractivity contribution >= 4 is 16.8 Å². The molecule has 4 nitrogen and oxygen atoms in total. The van der Waals surface area contributed by atoms with Crippen molar-refractivity contribution in [2.24, 2.45) is 0 Å². The van der Waals surface area contributed by atoms with Gasteiger partial charge in [-0.05, 0) is 36.3 Å². The van der Waals surface area contributed by atoms with Gasteiger partial charge in [0.15, 0.2) is 0 Å². The Balaban J connectivity index is 1.73. The van der Waals surface area contributed by atoms with Crippen molar-refractivity contribution in [2.75, 3.05) is 19.6 Å². The molecule has 0 aliphatic rings. The fraction of sp³-hybridized carbons (Fsp3) is 0.318. The second-order valence-corrected chi connectivity index (χ2v) is 5.96. The SMILES string of the molecule is CCNC(=O)NCCC#CC=CCN[C@H](C)c1cccc2ccccc12. The summed E-state index contributed by atoms with van der Waals surface area (Å²) in [5.41, 5.74) is 1.30. The Morgan fingerprint density at radius 1 is 1.15 bits per heavy atom. The number of benzene rings is 2. The van der Waals surface area contributed by atoms with E-state index in [1.54, 1.807) is 0 Å². The summed E-state index contributed by atoms with van der Waals surface area (Å²) in [5, 5.41) is 11.5. The number of carbonyl (C=O) groups excluding carboxylic acids is 1. The first-order valence-electron chi connectivity index (χ1n) is 9.08. The minimum absolute atomic E-state index is 0.142. The van der Waals surface area contributed by atoms with Gasteiger partial charge in [-0.2, -0.15) is 0 Å². The number of amides is 2. The first-order chi connectivity index (χ1) is 12.7. The Morgan fingerprint density at radius 3 is 2.81 bits per heavy atom. The van der Waals surface area contributed by atoms with Crippen LogP contribution in [0.25, 0.3) is 10.8 Å². The number of allylic oxidation sites excluding steroid dienone is 1. The van der Waals surface area contributed by atoms with Crippen LogP contribution in [0.15, 0.2) is 54.6 Å². The molecule has 2 amide bonds. The third kappa shape index (κ3) is 6.27. The van der Waals surface area contributed by atoms with Crippen LogP contribution in [0.3, 0.4) is 0 Å². The van der Waals surface area contributed by atoms with Crippen LogP contribution in [0.5, 0.6) is 0 Å². The van der Waals surface area contributed by atoms with Crippen molar-refractivity contribution < 1.29 is 4.79 Å². The van der Waals surface area contributed by atoms with Crippen LogP contribution in [0.2, 0.25) is 0 Å². The third-order valence-corrected chi connectivity index (χ3v) is 4.01. The van der Waals surface area contributed by atoms with Crippen molar-refractivity contribution in [3.8, 4) is 11.8 Å². The Kier molecular flexibility index (Phi) is 8.25. The van der Waals surface area contributed by atoms with E-state index in [0.29, 0.717) is 19.5 Å². The molecule has 0 radical (unpaired) electrons. The quantitative estimate of drug-likeness (QED) is 0.527. The van der Waals surface area contributed by atoms with Crippen molar-refractivity contribution in [3.05, 3.63) is 60.2 Å². The summed E-state index contributed by atoms with van der Waals surface area (Å²) in [4.78, 5) is 11.2. The van der Waals surface area contributed by atoms with E-state index in [2.05, 4.69) is 77.2 Å². The highest BCUT2D eigenvalue weighted by molar-refractivity contribution is 5.86. The Morgan fingerprint density at radius 2 is 1.96 bits per heavy atom. The molecule has 0 aliphatic heterocycles. The lowest BCUT2D eigenvalue weighted by Gasteiger charge is -2.15. The van der Waals surface area contributed by atoms with Gasteiger partial charge in [-0.15, -0.1) is 0 Å². The van der Waals surface area contributed by atoms with Crippen molar-refractivity contribution in [1.82, 2.24) is 16.0 Å². The predicted molar refractivity (Wildman–Crippen MR) is 109 cm³/mol. The molecule has 4 heteroatoms. The molecule has 136 valence electrons. The molecule has 0 saturated heterocycles. The maximum absolute atomic E-state index is 11.2. The molecule has 0 spiro atoms. The van der Waals surface area contributed by atoms with E-state index in [9.17, 15) is 4.79 Å². The standard InChI is InChI=1S/C22H27N3O/c1-3-23-22(26)25-17-10-6-4-5-9-16-24-18(2)20-15-11-13-19-12-7-8-14-21(19)20/h5,7-9,11-15,18,24H,3,10,16-17H2,1-2H3,(H2,23,25,26)/t18-/m1/s1. The van der Waals surface area contributed by atoms with E-state index in [-0.39, 0.29) is 12.1 Å². The summed E-state index contributed by atoms with van der Waals surface area (Å²) in [7, 11) is 0. The molecule has 26 heavy (non-hydrogen) atoms. The topological polar surface area (TPSA) is 53.2 Å². The van der Waals surface area contributed by atoms with Crippen LogP contribution in [0, 0.1) is 11.8 Å². The lowest BCUT2D eigenvalue weighted by Crippen LogP contribution is -2.35. The van der Waals surface area contributed by atoms with E-state index in [0.717, 1.165) is 6.54 Å². The zero-order valence-corrected chi connectivity index (χ0v) is 15.5. The Labute approximate surface area is 156 Å². The summed E-state index contributed by atoms with van der Waals surface area (Å²) in [6.07, 6.45) is 4.52. The minimum atomic E-state index is -0.142. The summed E-state index contributed by atoms with van der Waals surface area (Å²) >= 11 is 0. The van der Waals surface area contributed by atoms with E-state index in [1.807, 2.05) is 19.1 Å². The van der Waals surface area contributed by atoms with Crippen LogP contribution >= 0.6 is 0 Å². The summed E-state index contributed by atoms with van der Waals surface area (Å²) in [6, 6.07) is 15.0. The second kappa shape index (κ2) is 11.0. The number of rotatable bonds is 7. The molecule has 0 unspecified atom stereocenters. The fourth-order valence-electron chi connectivity index (χ4n) is 2.69. The summed E-state index contributed by atoms with van der Waals surface area (Å²) in [5.74, 6) is 6.01. The molecule has 2 aromatic carbocycles. The zero-order valence-electron chi connectivity index (χ0n) is 15.5. The van der Waals surface area contributed by atoms with Gasteiger partial charge in [-0.3, -0.25) is 0 Å². The first kappa shape index (κ1) is 19.6. The maximum Gasteiger partial charge on any atom is 0.314 e. The maximum atomic E-state index is 11.2. The minimum Gasteiger partial charge on any atom is -0.338 e. The zero-order chi connectivity index (χ0) is 18.6. The third-order valence-electron chi connectivity index (χ3n) is 4.01. The normalized spacial score (nSPS) is 11.8. The number of urea groups is 1. The fourth-order valence-corrected chi connectivity index (χ4v) is 2.69. The summed E-state index contributed by atoms with van der Waals surface area (Å²) in [6.45, 7) is 6.01. The monoisotopic (exact) mass is 349 g/mol. The molecule has 0 heterocycles. The van der Waals surface area contributed by atoms with Crippen molar-refractivity contribution in [1.29, 1.82) is 0 Å². The smallest absolute Gasteiger partial charge is 0.314 e. The molecule has 2 aromatic rings. The van der Waals surface area contributed by atoms with Crippen LogP contribution < -0.4 is 16.0 Å². The lowest BCUT2D eigenvalue weighted by molar-refractivity contribution is 0.241. The number of fused-ring (bicyclic) bond motifs is 1. The number of nitrogens with one attached hydrogen (secondary N) is 3. The summed E-state index contributed by atoms with van der Waals surface area (Å²) < 4.78 is 0. The van der Waals surface area contributed by atoms with Gasteiger partial charge < -0.3 is 16.0 Å². The number of hydrogen-bond donors (Lipinski definition) is 3.